The number of hydrogen-bond acceptors (Lipinski definition) is 4. The molecule has 0 unspecified atom stereocenters. The SMILES string of the molecule is CN=C(NCc1ccc(CS(C)(=O)=O)cc1)NCc1sccc1C. The Labute approximate surface area is 147 Å². The third-order valence-corrected chi connectivity index (χ3v) is 5.40. The molecule has 0 bridgehead atoms. The van der Waals surface area contributed by atoms with Gasteiger partial charge < -0.3 is 10.6 Å². The van der Waals surface area contributed by atoms with Crippen molar-refractivity contribution in [2.45, 2.75) is 25.8 Å². The first kappa shape index (κ1) is 18.5. The number of rotatable bonds is 6. The molecule has 0 aliphatic carbocycles. The standard InChI is InChI=1S/C17H23N3O2S2/c1-13-8-9-23-16(13)11-20-17(18-2)19-10-14-4-6-15(7-5-14)12-24(3,21)22/h4-9H,10-12H2,1-3H3,(H2,18,19,20). The number of nitrogens with one attached hydrogen (secondary N) is 2. The van der Waals surface area contributed by atoms with Gasteiger partial charge in [0.1, 0.15) is 0 Å². The van der Waals surface area contributed by atoms with Crippen molar-refractivity contribution < 1.29 is 8.42 Å². The summed E-state index contributed by atoms with van der Waals surface area (Å²) < 4.78 is 22.6. The van der Waals surface area contributed by atoms with Gasteiger partial charge in [-0.15, -0.1) is 11.3 Å². The average Bonchev–Trinajstić information content (AvgIpc) is 2.93. The summed E-state index contributed by atoms with van der Waals surface area (Å²) in [6.07, 6.45) is 1.24. The van der Waals surface area contributed by atoms with Gasteiger partial charge in [-0.2, -0.15) is 0 Å². The Kier molecular flexibility index (Phi) is 6.39. The van der Waals surface area contributed by atoms with Crippen LogP contribution in [0.1, 0.15) is 21.6 Å². The molecule has 1 aromatic carbocycles. The summed E-state index contributed by atoms with van der Waals surface area (Å²) in [6.45, 7) is 3.47. The molecule has 0 amide bonds. The van der Waals surface area contributed by atoms with Crippen LogP contribution in [0.4, 0.5) is 0 Å². The molecule has 0 spiro atoms. The van der Waals surface area contributed by atoms with Crippen LogP contribution in [0, 0.1) is 6.92 Å². The first-order valence-corrected chi connectivity index (χ1v) is 10.5. The number of sulfone groups is 1. The highest BCUT2D eigenvalue weighted by Crippen LogP contribution is 2.14. The summed E-state index contributed by atoms with van der Waals surface area (Å²) in [5.74, 6) is 0.812. The molecule has 0 aliphatic rings. The van der Waals surface area contributed by atoms with Gasteiger partial charge in [0, 0.05) is 24.7 Å². The molecule has 2 aromatic rings. The predicted molar refractivity (Wildman–Crippen MR) is 101 cm³/mol. The van der Waals surface area contributed by atoms with E-state index in [1.165, 1.54) is 16.7 Å². The van der Waals surface area contributed by atoms with E-state index in [9.17, 15) is 8.42 Å². The third-order valence-electron chi connectivity index (χ3n) is 3.52. The van der Waals surface area contributed by atoms with Gasteiger partial charge in [0.25, 0.3) is 0 Å². The number of aryl methyl sites for hydroxylation is 1. The van der Waals surface area contributed by atoms with Gasteiger partial charge in [-0.05, 0) is 35.1 Å². The smallest absolute Gasteiger partial charge is 0.191 e. The predicted octanol–water partition coefficient (Wildman–Crippen LogP) is 2.47. The van der Waals surface area contributed by atoms with Gasteiger partial charge in [0.15, 0.2) is 15.8 Å². The Balaban J connectivity index is 1.85. The number of nitrogens with zero attached hydrogens (tertiary/aromatic N) is 1. The van der Waals surface area contributed by atoms with E-state index in [-0.39, 0.29) is 5.75 Å². The van der Waals surface area contributed by atoms with Gasteiger partial charge in [0.05, 0.1) is 12.3 Å². The number of benzene rings is 1. The highest BCUT2D eigenvalue weighted by Gasteiger charge is 2.05. The van der Waals surface area contributed by atoms with E-state index in [0.29, 0.717) is 6.54 Å². The Morgan fingerprint density at radius 2 is 1.71 bits per heavy atom. The molecule has 0 fully saturated rings. The summed E-state index contributed by atoms with van der Waals surface area (Å²) in [7, 11) is -1.25. The van der Waals surface area contributed by atoms with Crippen molar-refractivity contribution >= 4 is 27.1 Å². The molecule has 7 heteroatoms. The van der Waals surface area contributed by atoms with Crippen LogP contribution in [0.2, 0.25) is 0 Å². The zero-order valence-corrected chi connectivity index (χ0v) is 15.8. The van der Waals surface area contributed by atoms with Crippen LogP contribution >= 0.6 is 11.3 Å². The molecular weight excluding hydrogens is 342 g/mol. The van der Waals surface area contributed by atoms with E-state index in [1.807, 2.05) is 24.3 Å². The molecule has 2 N–H and O–H groups in total. The second kappa shape index (κ2) is 8.30. The molecule has 1 aromatic heterocycles. The lowest BCUT2D eigenvalue weighted by Gasteiger charge is -2.12. The van der Waals surface area contributed by atoms with Crippen LogP contribution in [0.5, 0.6) is 0 Å². The second-order valence-corrected chi connectivity index (χ2v) is 8.83. The van der Waals surface area contributed by atoms with Gasteiger partial charge >= 0.3 is 0 Å². The molecule has 0 atom stereocenters. The number of hydrogen-bond donors (Lipinski definition) is 2. The molecule has 1 heterocycles. The molecule has 0 radical (unpaired) electrons. The minimum atomic E-state index is -3.00. The van der Waals surface area contributed by atoms with E-state index in [2.05, 4.69) is 34.0 Å². The summed E-state index contributed by atoms with van der Waals surface area (Å²) in [5, 5.41) is 8.64. The van der Waals surface area contributed by atoms with E-state index in [0.717, 1.165) is 23.6 Å². The van der Waals surface area contributed by atoms with Crippen LogP contribution in [0.25, 0.3) is 0 Å². The fraction of sp³-hybridized carbons (Fsp3) is 0.353. The maximum absolute atomic E-state index is 11.3. The average molecular weight is 366 g/mol. The fourth-order valence-electron chi connectivity index (χ4n) is 2.21. The highest BCUT2D eigenvalue weighted by atomic mass is 32.2. The first-order chi connectivity index (χ1) is 11.4. The Hall–Kier alpha value is -1.86. The number of aliphatic imine (C=N–C) groups is 1. The Morgan fingerprint density at radius 1 is 1.08 bits per heavy atom. The van der Waals surface area contributed by atoms with Gasteiger partial charge in [-0.1, -0.05) is 24.3 Å². The van der Waals surface area contributed by atoms with Crippen LogP contribution in [-0.2, 0) is 28.7 Å². The quantitative estimate of drug-likeness (QED) is 0.609. The van der Waals surface area contributed by atoms with Gasteiger partial charge in [-0.25, -0.2) is 8.42 Å². The lowest BCUT2D eigenvalue weighted by Crippen LogP contribution is -2.36. The minimum absolute atomic E-state index is 0.0735. The number of thiophene rings is 1. The summed E-state index contributed by atoms with van der Waals surface area (Å²) in [5.41, 5.74) is 3.16. The zero-order chi connectivity index (χ0) is 17.6. The monoisotopic (exact) mass is 365 g/mol. The van der Waals surface area contributed by atoms with Crippen molar-refractivity contribution in [3.63, 3.8) is 0 Å². The van der Waals surface area contributed by atoms with E-state index >= 15 is 0 Å². The van der Waals surface area contributed by atoms with Crippen LogP contribution < -0.4 is 10.6 Å². The Bertz CT molecular complexity index is 793. The second-order valence-electron chi connectivity index (χ2n) is 5.69. The lowest BCUT2D eigenvalue weighted by atomic mass is 10.1. The van der Waals surface area contributed by atoms with Crippen molar-refractivity contribution in [2.75, 3.05) is 13.3 Å². The molecule has 130 valence electrons. The van der Waals surface area contributed by atoms with Crippen LogP contribution in [0.15, 0.2) is 40.7 Å². The van der Waals surface area contributed by atoms with Gasteiger partial charge in [-0.3, -0.25) is 4.99 Å². The van der Waals surface area contributed by atoms with Crippen molar-refractivity contribution in [3.8, 4) is 0 Å². The van der Waals surface area contributed by atoms with E-state index < -0.39 is 9.84 Å². The van der Waals surface area contributed by atoms with Gasteiger partial charge in [0.2, 0.25) is 0 Å². The molecule has 0 saturated heterocycles. The van der Waals surface area contributed by atoms with E-state index in [4.69, 9.17) is 0 Å². The molecule has 2 rings (SSSR count). The zero-order valence-electron chi connectivity index (χ0n) is 14.2. The largest absolute Gasteiger partial charge is 0.352 e. The summed E-state index contributed by atoms with van der Waals surface area (Å²) in [6, 6.07) is 9.68. The maximum Gasteiger partial charge on any atom is 0.191 e. The molecule has 0 saturated carbocycles. The van der Waals surface area contributed by atoms with Crippen molar-refractivity contribution in [2.24, 2.45) is 4.99 Å². The molecular formula is C17H23N3O2S2. The molecule has 5 nitrogen and oxygen atoms in total. The summed E-state index contributed by atoms with van der Waals surface area (Å²) in [4.78, 5) is 5.51. The molecule has 0 aliphatic heterocycles. The lowest BCUT2D eigenvalue weighted by molar-refractivity contribution is 0.601. The fourth-order valence-corrected chi connectivity index (χ4v) is 3.86. The van der Waals surface area contributed by atoms with Crippen LogP contribution in [-0.4, -0.2) is 27.7 Å². The van der Waals surface area contributed by atoms with E-state index in [1.54, 1.807) is 18.4 Å². The minimum Gasteiger partial charge on any atom is -0.352 e. The van der Waals surface area contributed by atoms with Crippen LogP contribution in [0.3, 0.4) is 0 Å². The normalized spacial score (nSPS) is 12.2. The number of guanidine groups is 1. The third kappa shape index (κ3) is 5.98. The van der Waals surface area contributed by atoms with Crippen molar-refractivity contribution in [1.29, 1.82) is 0 Å². The molecule has 24 heavy (non-hydrogen) atoms. The van der Waals surface area contributed by atoms with Crippen molar-refractivity contribution in [3.05, 3.63) is 57.3 Å². The topological polar surface area (TPSA) is 70.6 Å². The Morgan fingerprint density at radius 3 is 2.25 bits per heavy atom. The highest BCUT2D eigenvalue weighted by molar-refractivity contribution is 7.89. The summed E-state index contributed by atoms with van der Waals surface area (Å²) >= 11 is 1.73. The first-order valence-electron chi connectivity index (χ1n) is 7.60. The maximum atomic E-state index is 11.3. The van der Waals surface area contributed by atoms with Crippen molar-refractivity contribution in [1.82, 2.24) is 10.6 Å².